The maximum atomic E-state index is 14.4. The second-order valence-electron chi connectivity index (χ2n) is 9.35. The molecule has 4 heterocycles. The number of nitrogens with zero attached hydrogens (tertiary/aromatic N) is 5. The van der Waals surface area contributed by atoms with E-state index in [1.54, 1.807) is 6.07 Å². The second-order valence-corrected chi connectivity index (χ2v) is 9.35. The van der Waals surface area contributed by atoms with Crippen LogP contribution in [0.3, 0.4) is 0 Å². The van der Waals surface area contributed by atoms with Gasteiger partial charge in [0.15, 0.2) is 0 Å². The van der Waals surface area contributed by atoms with Gasteiger partial charge < -0.3 is 14.5 Å². The van der Waals surface area contributed by atoms with E-state index in [0.29, 0.717) is 29.6 Å². The van der Waals surface area contributed by atoms with Crippen LogP contribution in [0.15, 0.2) is 30.7 Å². The molecule has 0 radical (unpaired) electrons. The first-order chi connectivity index (χ1) is 16.0. The number of pyridine rings is 2. The van der Waals surface area contributed by atoms with Crippen molar-refractivity contribution in [2.75, 3.05) is 50.8 Å². The molecule has 2 saturated heterocycles. The summed E-state index contributed by atoms with van der Waals surface area (Å²) in [5.41, 5.74) is 0.999. The highest BCUT2D eigenvalue weighted by molar-refractivity contribution is 5.76. The molecule has 0 N–H and O–H groups in total. The molecule has 2 aromatic rings. The number of rotatable bonds is 4. The van der Waals surface area contributed by atoms with Crippen LogP contribution in [-0.2, 0) is 4.74 Å². The fourth-order valence-corrected chi connectivity index (χ4v) is 5.66. The van der Waals surface area contributed by atoms with Gasteiger partial charge in [-0.05, 0) is 38.3 Å². The van der Waals surface area contributed by atoms with Crippen LogP contribution < -0.4 is 4.90 Å². The van der Waals surface area contributed by atoms with Crippen LogP contribution in [-0.4, -0.2) is 77.8 Å². The fraction of sp³-hybridized carbons (Fsp3) is 0.542. The highest BCUT2D eigenvalue weighted by Gasteiger charge is 2.51. The molecular weight excluding hydrogens is 428 g/mol. The summed E-state index contributed by atoms with van der Waals surface area (Å²) in [6, 6.07) is 3.41. The molecule has 1 amide bonds. The molecule has 9 heteroatoms. The maximum Gasteiger partial charge on any atom is 0.409 e. The van der Waals surface area contributed by atoms with Crippen LogP contribution in [0.1, 0.15) is 26.2 Å². The summed E-state index contributed by atoms with van der Waals surface area (Å²) in [5.74, 6) is -0.372. The van der Waals surface area contributed by atoms with Gasteiger partial charge in [0.05, 0.1) is 19.0 Å². The van der Waals surface area contributed by atoms with Crippen molar-refractivity contribution in [1.29, 1.82) is 0 Å². The first-order valence-electron chi connectivity index (χ1n) is 11.6. The van der Waals surface area contributed by atoms with Crippen LogP contribution in [0.4, 0.5) is 19.4 Å². The first kappa shape index (κ1) is 22.0. The van der Waals surface area contributed by atoms with Gasteiger partial charge in [-0.1, -0.05) is 0 Å². The van der Waals surface area contributed by atoms with Crippen molar-refractivity contribution in [2.24, 2.45) is 5.41 Å². The Kier molecular flexibility index (Phi) is 5.90. The summed E-state index contributed by atoms with van der Waals surface area (Å²) in [5, 5.41) is 0. The van der Waals surface area contributed by atoms with Crippen molar-refractivity contribution in [3.63, 3.8) is 0 Å². The zero-order chi connectivity index (χ0) is 23.0. The van der Waals surface area contributed by atoms with Crippen molar-refractivity contribution in [2.45, 2.75) is 32.2 Å². The van der Waals surface area contributed by atoms with Crippen molar-refractivity contribution in [3.05, 3.63) is 42.4 Å². The molecule has 2 aromatic heterocycles. The lowest BCUT2D eigenvalue weighted by molar-refractivity contribution is -0.00294. The number of carbonyl (C=O) groups excluding carboxylic acids is 1. The predicted molar refractivity (Wildman–Crippen MR) is 120 cm³/mol. The van der Waals surface area contributed by atoms with Gasteiger partial charge in [0, 0.05) is 68.0 Å². The standard InChI is InChI=1S/C24H29F2N5O2/c1-2-33-23(32)31-15-24(16-31)5-3-18(12-24)29-7-9-30(10-8-29)22-20(11-17(25)13-28-22)19-4-6-27-14-21(19)26/h4,6,11,13-14,18H,2-3,5,7-10,12,15-16H2,1H3/t18-/m1/s1. The van der Waals surface area contributed by atoms with Gasteiger partial charge in [-0.15, -0.1) is 0 Å². The van der Waals surface area contributed by atoms with Gasteiger partial charge in [-0.3, -0.25) is 9.88 Å². The summed E-state index contributed by atoms with van der Waals surface area (Å²) >= 11 is 0. The normalized spacial score (nSPS) is 22.5. The number of carbonyl (C=O) groups is 1. The Morgan fingerprint density at radius 2 is 1.97 bits per heavy atom. The molecule has 1 spiro atoms. The van der Waals surface area contributed by atoms with E-state index in [9.17, 15) is 13.6 Å². The highest BCUT2D eigenvalue weighted by atomic mass is 19.1. The topological polar surface area (TPSA) is 61.8 Å². The average Bonchev–Trinajstić information content (AvgIpc) is 3.25. The Bertz CT molecular complexity index is 1020. The predicted octanol–water partition coefficient (Wildman–Crippen LogP) is 3.55. The van der Waals surface area contributed by atoms with Gasteiger partial charge >= 0.3 is 6.09 Å². The summed E-state index contributed by atoms with van der Waals surface area (Å²) in [4.78, 5) is 26.5. The average molecular weight is 458 g/mol. The van der Waals surface area contributed by atoms with Crippen molar-refractivity contribution >= 4 is 11.9 Å². The third-order valence-electron chi connectivity index (χ3n) is 7.28. The molecule has 3 fully saturated rings. The van der Waals surface area contributed by atoms with Crippen LogP contribution in [0.2, 0.25) is 0 Å². The Morgan fingerprint density at radius 3 is 2.70 bits per heavy atom. The summed E-state index contributed by atoms with van der Waals surface area (Å²) in [6.07, 6.45) is 7.01. The van der Waals surface area contributed by atoms with Crippen LogP contribution >= 0.6 is 0 Å². The quantitative estimate of drug-likeness (QED) is 0.700. The maximum absolute atomic E-state index is 14.4. The Balaban J connectivity index is 1.22. The van der Waals surface area contributed by atoms with E-state index in [0.717, 1.165) is 64.7 Å². The van der Waals surface area contributed by atoms with E-state index in [4.69, 9.17) is 4.74 Å². The number of piperazine rings is 1. The molecule has 2 aliphatic heterocycles. The SMILES string of the molecule is CCOC(=O)N1CC2(CC[C@@H](N3CCN(c4ncc(F)cc4-c4ccncc4F)CC3)C2)C1. The second kappa shape index (κ2) is 8.85. The number of halogens is 2. The number of aromatic nitrogens is 2. The largest absolute Gasteiger partial charge is 0.450 e. The zero-order valence-electron chi connectivity index (χ0n) is 18.8. The lowest BCUT2D eigenvalue weighted by Gasteiger charge is -2.48. The lowest BCUT2D eigenvalue weighted by Crippen LogP contribution is -2.58. The number of anilines is 1. The summed E-state index contributed by atoms with van der Waals surface area (Å²) in [6.45, 7) is 7.07. The van der Waals surface area contributed by atoms with Gasteiger partial charge in [0.2, 0.25) is 0 Å². The number of amides is 1. The lowest BCUT2D eigenvalue weighted by atomic mass is 9.78. The number of likely N-dealkylation sites (tertiary alicyclic amines) is 1. The van der Waals surface area contributed by atoms with Crippen molar-refractivity contribution in [3.8, 4) is 11.1 Å². The Morgan fingerprint density at radius 1 is 1.18 bits per heavy atom. The Hall–Kier alpha value is -2.81. The summed E-state index contributed by atoms with van der Waals surface area (Å²) < 4.78 is 33.5. The monoisotopic (exact) mass is 457 g/mol. The van der Waals surface area contributed by atoms with E-state index >= 15 is 0 Å². The molecule has 0 aromatic carbocycles. The van der Waals surface area contributed by atoms with Crippen LogP contribution in [0, 0.1) is 17.0 Å². The Labute approximate surface area is 192 Å². The third kappa shape index (κ3) is 4.26. The van der Waals surface area contributed by atoms with E-state index < -0.39 is 11.6 Å². The van der Waals surface area contributed by atoms with E-state index in [2.05, 4.69) is 19.8 Å². The molecule has 3 aliphatic rings. The van der Waals surface area contributed by atoms with Crippen LogP contribution in [0.5, 0.6) is 0 Å². The number of hydrogen-bond donors (Lipinski definition) is 0. The molecule has 1 aliphatic carbocycles. The number of hydrogen-bond acceptors (Lipinski definition) is 6. The molecule has 176 valence electrons. The fourth-order valence-electron chi connectivity index (χ4n) is 5.66. The van der Waals surface area contributed by atoms with E-state index in [1.165, 1.54) is 18.5 Å². The van der Waals surface area contributed by atoms with E-state index in [1.807, 2.05) is 11.8 Å². The van der Waals surface area contributed by atoms with Gasteiger partial charge in [-0.2, -0.15) is 0 Å². The zero-order valence-corrected chi connectivity index (χ0v) is 18.8. The van der Waals surface area contributed by atoms with Gasteiger partial charge in [0.1, 0.15) is 17.5 Å². The van der Waals surface area contributed by atoms with Gasteiger partial charge in [-0.25, -0.2) is 18.6 Å². The minimum Gasteiger partial charge on any atom is -0.450 e. The van der Waals surface area contributed by atoms with Gasteiger partial charge in [0.25, 0.3) is 0 Å². The minimum atomic E-state index is -0.489. The summed E-state index contributed by atoms with van der Waals surface area (Å²) in [7, 11) is 0. The first-order valence-corrected chi connectivity index (χ1v) is 11.6. The van der Waals surface area contributed by atoms with Crippen molar-refractivity contribution < 1.29 is 18.3 Å². The molecular formula is C24H29F2N5O2. The highest BCUT2D eigenvalue weighted by Crippen LogP contribution is 2.47. The molecule has 1 atom stereocenters. The molecule has 33 heavy (non-hydrogen) atoms. The number of ether oxygens (including phenoxy) is 1. The van der Waals surface area contributed by atoms with E-state index in [-0.39, 0.29) is 11.5 Å². The minimum absolute atomic E-state index is 0.201. The molecule has 5 rings (SSSR count). The molecule has 1 saturated carbocycles. The smallest absolute Gasteiger partial charge is 0.409 e. The van der Waals surface area contributed by atoms with Crippen molar-refractivity contribution in [1.82, 2.24) is 19.8 Å². The molecule has 7 nitrogen and oxygen atoms in total. The van der Waals surface area contributed by atoms with Crippen LogP contribution in [0.25, 0.3) is 11.1 Å². The molecule has 0 unspecified atom stereocenters. The molecule has 0 bridgehead atoms. The third-order valence-corrected chi connectivity index (χ3v) is 7.28.